The molecule has 2 aromatic carbocycles. The van der Waals surface area contributed by atoms with Gasteiger partial charge in [0.2, 0.25) is 5.75 Å². The van der Waals surface area contributed by atoms with Gasteiger partial charge in [-0.2, -0.15) is 0 Å². The highest BCUT2D eigenvalue weighted by Crippen LogP contribution is 2.38. The van der Waals surface area contributed by atoms with Gasteiger partial charge in [0.1, 0.15) is 11.3 Å². The molecular weight excluding hydrogens is 388 g/mol. The molecule has 0 N–H and O–H groups in total. The van der Waals surface area contributed by atoms with Crippen molar-refractivity contribution >= 4 is 16.9 Å². The first-order valence-corrected chi connectivity index (χ1v) is 9.43. The molecule has 0 fully saturated rings. The Bertz CT molecular complexity index is 1100. The average Bonchev–Trinajstić information content (AvgIpc) is 2.71. The molecule has 7 nitrogen and oxygen atoms in total. The minimum atomic E-state index is -0.481. The SMILES string of the molecule is COc1cc(CC(=O)Oc2ccc3c(C(C)C)cc(=O)oc3c2)cc(OC)c1OC. The van der Waals surface area contributed by atoms with E-state index in [1.165, 1.54) is 27.4 Å². The number of rotatable bonds is 7. The molecule has 0 radical (unpaired) electrons. The molecule has 0 aliphatic rings. The number of hydrogen-bond acceptors (Lipinski definition) is 7. The number of hydrogen-bond donors (Lipinski definition) is 0. The van der Waals surface area contributed by atoms with Crippen molar-refractivity contribution in [3.8, 4) is 23.0 Å². The summed E-state index contributed by atoms with van der Waals surface area (Å²) < 4.78 is 26.7. The fourth-order valence-electron chi connectivity index (χ4n) is 3.28. The number of carbonyl (C=O) groups excluding carboxylic acids is 1. The van der Waals surface area contributed by atoms with Crippen LogP contribution >= 0.6 is 0 Å². The molecule has 0 atom stereocenters. The highest BCUT2D eigenvalue weighted by atomic mass is 16.5. The molecule has 7 heteroatoms. The van der Waals surface area contributed by atoms with Crippen LogP contribution in [0.15, 0.2) is 45.6 Å². The van der Waals surface area contributed by atoms with E-state index < -0.39 is 11.6 Å². The van der Waals surface area contributed by atoms with Gasteiger partial charge in [0.25, 0.3) is 0 Å². The highest BCUT2D eigenvalue weighted by Gasteiger charge is 2.16. The van der Waals surface area contributed by atoms with Crippen LogP contribution in [-0.2, 0) is 11.2 Å². The number of fused-ring (bicyclic) bond motifs is 1. The van der Waals surface area contributed by atoms with Gasteiger partial charge < -0.3 is 23.4 Å². The summed E-state index contributed by atoms with van der Waals surface area (Å²) >= 11 is 0. The second kappa shape index (κ2) is 8.90. The van der Waals surface area contributed by atoms with Gasteiger partial charge in [-0.05, 0) is 41.3 Å². The molecule has 3 aromatic rings. The summed E-state index contributed by atoms with van der Waals surface area (Å²) in [6, 6.07) is 9.89. The number of benzene rings is 2. The van der Waals surface area contributed by atoms with E-state index in [1.807, 2.05) is 13.8 Å². The molecule has 0 bridgehead atoms. The summed E-state index contributed by atoms with van der Waals surface area (Å²) in [4.78, 5) is 24.3. The molecule has 0 spiro atoms. The maximum absolute atomic E-state index is 12.5. The highest BCUT2D eigenvalue weighted by molar-refractivity contribution is 5.83. The average molecular weight is 412 g/mol. The molecule has 0 aliphatic heterocycles. The third-order valence-electron chi connectivity index (χ3n) is 4.67. The van der Waals surface area contributed by atoms with Gasteiger partial charge in [-0.1, -0.05) is 13.8 Å². The second-order valence-electron chi connectivity index (χ2n) is 7.02. The van der Waals surface area contributed by atoms with Gasteiger partial charge in [-0.3, -0.25) is 4.79 Å². The molecule has 1 aromatic heterocycles. The van der Waals surface area contributed by atoms with E-state index in [2.05, 4.69) is 0 Å². The van der Waals surface area contributed by atoms with Crippen LogP contribution in [0.25, 0.3) is 11.0 Å². The number of esters is 1. The van der Waals surface area contributed by atoms with Crippen LogP contribution < -0.4 is 24.6 Å². The summed E-state index contributed by atoms with van der Waals surface area (Å²) in [5.41, 5.74) is 1.47. The van der Waals surface area contributed by atoms with Crippen LogP contribution in [0, 0.1) is 0 Å². The Morgan fingerprint density at radius 2 is 1.63 bits per heavy atom. The van der Waals surface area contributed by atoms with Gasteiger partial charge in [-0.15, -0.1) is 0 Å². The molecule has 0 aliphatic carbocycles. The molecule has 1 heterocycles. The first-order valence-electron chi connectivity index (χ1n) is 9.43. The lowest BCUT2D eigenvalue weighted by atomic mass is 10.00. The summed E-state index contributed by atoms with van der Waals surface area (Å²) in [6.45, 7) is 4.00. The third-order valence-corrected chi connectivity index (χ3v) is 4.67. The van der Waals surface area contributed by atoms with E-state index in [4.69, 9.17) is 23.4 Å². The Kier molecular flexibility index (Phi) is 6.30. The van der Waals surface area contributed by atoms with Crippen LogP contribution in [0.1, 0.15) is 30.9 Å². The van der Waals surface area contributed by atoms with E-state index >= 15 is 0 Å². The predicted molar refractivity (Wildman–Crippen MR) is 112 cm³/mol. The van der Waals surface area contributed by atoms with Crippen molar-refractivity contribution < 1.29 is 28.2 Å². The van der Waals surface area contributed by atoms with Crippen LogP contribution in [0.3, 0.4) is 0 Å². The topological polar surface area (TPSA) is 84.2 Å². The van der Waals surface area contributed by atoms with Crippen molar-refractivity contribution in [1.29, 1.82) is 0 Å². The smallest absolute Gasteiger partial charge is 0.336 e. The summed E-state index contributed by atoms with van der Waals surface area (Å²) in [6.07, 6.45) is -0.00919. The monoisotopic (exact) mass is 412 g/mol. The zero-order chi connectivity index (χ0) is 21.8. The van der Waals surface area contributed by atoms with Crippen LogP contribution in [0.2, 0.25) is 0 Å². The van der Waals surface area contributed by atoms with Gasteiger partial charge in [-0.25, -0.2) is 4.79 Å². The van der Waals surface area contributed by atoms with Gasteiger partial charge in [0.15, 0.2) is 11.5 Å². The van der Waals surface area contributed by atoms with Crippen molar-refractivity contribution in [2.24, 2.45) is 0 Å². The van der Waals surface area contributed by atoms with Crippen molar-refractivity contribution in [3.63, 3.8) is 0 Å². The zero-order valence-electron chi connectivity index (χ0n) is 17.6. The Balaban J connectivity index is 1.84. The minimum Gasteiger partial charge on any atom is -0.493 e. The quantitative estimate of drug-likeness (QED) is 0.328. The van der Waals surface area contributed by atoms with Crippen LogP contribution in [-0.4, -0.2) is 27.3 Å². The standard InChI is InChI=1S/C23H24O7/c1-13(2)17-12-22(25)30-18-11-15(6-7-16(17)18)29-21(24)10-14-8-19(26-3)23(28-5)20(9-14)27-4/h6-9,11-13H,10H2,1-5H3. The molecule has 30 heavy (non-hydrogen) atoms. The fraction of sp³-hybridized carbons (Fsp3) is 0.304. The largest absolute Gasteiger partial charge is 0.493 e. The number of ether oxygens (including phenoxy) is 4. The first-order chi connectivity index (χ1) is 14.4. The third kappa shape index (κ3) is 4.40. The zero-order valence-corrected chi connectivity index (χ0v) is 17.6. The normalized spacial score (nSPS) is 10.9. The molecule has 158 valence electrons. The first kappa shape index (κ1) is 21.2. The van der Waals surface area contributed by atoms with E-state index in [9.17, 15) is 9.59 Å². The van der Waals surface area contributed by atoms with Gasteiger partial charge in [0, 0.05) is 17.5 Å². The maximum atomic E-state index is 12.5. The molecule has 0 amide bonds. The van der Waals surface area contributed by atoms with Crippen molar-refractivity contribution in [2.45, 2.75) is 26.2 Å². The lowest BCUT2D eigenvalue weighted by Crippen LogP contribution is -2.12. The fourth-order valence-corrected chi connectivity index (χ4v) is 3.28. The lowest BCUT2D eigenvalue weighted by Gasteiger charge is -2.14. The summed E-state index contributed by atoms with van der Waals surface area (Å²) in [5.74, 6) is 1.32. The minimum absolute atomic E-state index is 0.00919. The Hall–Kier alpha value is -3.48. The lowest BCUT2D eigenvalue weighted by molar-refractivity contribution is -0.133. The molecule has 0 saturated carbocycles. The molecule has 0 saturated heterocycles. The Morgan fingerprint density at radius 1 is 0.967 bits per heavy atom. The van der Waals surface area contributed by atoms with E-state index in [-0.39, 0.29) is 12.3 Å². The van der Waals surface area contributed by atoms with Crippen molar-refractivity contribution in [2.75, 3.05) is 21.3 Å². The predicted octanol–water partition coefficient (Wildman–Crippen LogP) is 4.09. The Morgan fingerprint density at radius 3 is 2.20 bits per heavy atom. The van der Waals surface area contributed by atoms with E-state index in [1.54, 1.807) is 30.3 Å². The van der Waals surface area contributed by atoms with Crippen LogP contribution in [0.5, 0.6) is 23.0 Å². The second-order valence-corrected chi connectivity index (χ2v) is 7.02. The number of carbonyl (C=O) groups is 1. The maximum Gasteiger partial charge on any atom is 0.336 e. The van der Waals surface area contributed by atoms with Crippen molar-refractivity contribution in [1.82, 2.24) is 0 Å². The molecule has 0 unspecified atom stereocenters. The molecular formula is C23H24O7. The van der Waals surface area contributed by atoms with Gasteiger partial charge in [0.05, 0.1) is 27.8 Å². The van der Waals surface area contributed by atoms with E-state index in [0.717, 1.165) is 10.9 Å². The molecule has 3 rings (SSSR count). The van der Waals surface area contributed by atoms with E-state index in [0.29, 0.717) is 34.1 Å². The van der Waals surface area contributed by atoms with Crippen LogP contribution in [0.4, 0.5) is 0 Å². The summed E-state index contributed by atoms with van der Waals surface area (Å²) in [7, 11) is 4.53. The van der Waals surface area contributed by atoms with Gasteiger partial charge >= 0.3 is 11.6 Å². The number of methoxy groups -OCH3 is 3. The summed E-state index contributed by atoms with van der Waals surface area (Å²) in [5, 5.41) is 0.814. The Labute approximate surface area is 174 Å². The van der Waals surface area contributed by atoms with Crippen molar-refractivity contribution in [3.05, 3.63) is 57.9 Å².